The van der Waals surface area contributed by atoms with Crippen molar-refractivity contribution >= 4 is 11.4 Å². The normalized spacial score (nSPS) is 17.1. The Morgan fingerprint density at radius 1 is 1.06 bits per heavy atom. The number of fused-ring (bicyclic) bond motifs is 1. The number of rotatable bonds is 1. The molecule has 2 heterocycles. The zero-order chi connectivity index (χ0) is 10.8. The van der Waals surface area contributed by atoms with Crippen LogP contribution in [-0.4, -0.2) is 6.54 Å². The molecule has 16 heavy (non-hydrogen) atoms. The number of benzene rings is 1. The molecule has 2 nitrogen and oxygen atoms in total. The van der Waals surface area contributed by atoms with Crippen LogP contribution in [0.3, 0.4) is 0 Å². The second-order valence-corrected chi connectivity index (χ2v) is 4.02. The second-order valence-electron chi connectivity index (χ2n) is 4.02. The molecule has 2 aliphatic rings. The van der Waals surface area contributed by atoms with Crippen LogP contribution in [0.5, 0.6) is 0 Å². The van der Waals surface area contributed by atoms with Crippen molar-refractivity contribution in [2.75, 3.05) is 11.9 Å². The van der Waals surface area contributed by atoms with Gasteiger partial charge in [0.2, 0.25) is 0 Å². The van der Waals surface area contributed by atoms with Crippen molar-refractivity contribution in [3.63, 3.8) is 0 Å². The van der Waals surface area contributed by atoms with Gasteiger partial charge in [0.05, 0.1) is 0 Å². The summed E-state index contributed by atoms with van der Waals surface area (Å²) in [6, 6.07) is 6.59. The van der Waals surface area contributed by atoms with Gasteiger partial charge < -0.3 is 10.6 Å². The Labute approximate surface area is 95.4 Å². The van der Waals surface area contributed by atoms with E-state index < -0.39 is 0 Å². The molecule has 0 fully saturated rings. The molecule has 2 N–H and O–H groups in total. The lowest BCUT2D eigenvalue weighted by molar-refractivity contribution is 1.10. The minimum absolute atomic E-state index is 1.06. The molecule has 0 unspecified atom stereocenters. The van der Waals surface area contributed by atoms with Crippen LogP contribution in [0.15, 0.2) is 48.7 Å². The predicted molar refractivity (Wildman–Crippen MR) is 68.0 cm³/mol. The van der Waals surface area contributed by atoms with E-state index in [1.807, 2.05) is 18.4 Å². The molecule has 0 amide bonds. The summed E-state index contributed by atoms with van der Waals surface area (Å²) in [5, 5.41) is 6.66. The third kappa shape index (κ3) is 1.63. The molecule has 2 aliphatic heterocycles. The quantitative estimate of drug-likeness (QED) is 0.744. The summed E-state index contributed by atoms with van der Waals surface area (Å²) in [6.45, 7) is 1.06. The van der Waals surface area contributed by atoms with E-state index in [1.54, 1.807) is 0 Å². The van der Waals surface area contributed by atoms with Gasteiger partial charge in [-0.1, -0.05) is 18.2 Å². The molecule has 0 radical (unpaired) electrons. The maximum absolute atomic E-state index is 3.37. The zero-order valence-electron chi connectivity index (χ0n) is 9.03. The number of anilines is 1. The van der Waals surface area contributed by atoms with E-state index in [2.05, 4.69) is 41.0 Å². The van der Waals surface area contributed by atoms with Gasteiger partial charge in [0.15, 0.2) is 0 Å². The standard InChI is InChI=1S/C14H14N2/c1-2-4-13(15-8-3-1)11-5-6-14-12(10-11)7-9-16-14/h1-6,8,10,15-16H,7,9H2. The third-order valence-corrected chi connectivity index (χ3v) is 2.95. The van der Waals surface area contributed by atoms with E-state index in [9.17, 15) is 0 Å². The first-order valence-corrected chi connectivity index (χ1v) is 5.61. The lowest BCUT2D eigenvalue weighted by Crippen LogP contribution is -2.02. The van der Waals surface area contributed by atoms with Gasteiger partial charge in [0.25, 0.3) is 0 Å². The molecule has 0 bridgehead atoms. The summed E-state index contributed by atoms with van der Waals surface area (Å²) in [5.74, 6) is 0. The molecule has 0 aromatic heterocycles. The molecule has 0 aliphatic carbocycles. The van der Waals surface area contributed by atoms with Gasteiger partial charge in [-0.3, -0.25) is 0 Å². The van der Waals surface area contributed by atoms with Crippen molar-refractivity contribution in [1.82, 2.24) is 5.32 Å². The first-order valence-electron chi connectivity index (χ1n) is 5.61. The first kappa shape index (κ1) is 9.28. The fraction of sp³-hybridized carbons (Fsp3) is 0.143. The summed E-state index contributed by atoms with van der Waals surface area (Å²) >= 11 is 0. The third-order valence-electron chi connectivity index (χ3n) is 2.95. The number of hydrogen-bond donors (Lipinski definition) is 2. The van der Waals surface area contributed by atoms with E-state index in [0.29, 0.717) is 0 Å². The molecule has 0 atom stereocenters. The highest BCUT2D eigenvalue weighted by molar-refractivity contribution is 5.71. The average Bonchev–Trinajstić information content (AvgIpc) is 2.61. The minimum atomic E-state index is 1.06. The van der Waals surface area contributed by atoms with Crippen LogP contribution in [0, 0.1) is 0 Å². The van der Waals surface area contributed by atoms with Crippen molar-refractivity contribution in [3.8, 4) is 0 Å². The molecule has 3 rings (SSSR count). The topological polar surface area (TPSA) is 24.1 Å². The SMILES string of the molecule is C1=CC=C(c2ccc3c(c2)CCN3)NC=C1. The van der Waals surface area contributed by atoms with Gasteiger partial charge >= 0.3 is 0 Å². The van der Waals surface area contributed by atoms with E-state index in [4.69, 9.17) is 0 Å². The van der Waals surface area contributed by atoms with Gasteiger partial charge in [-0.25, -0.2) is 0 Å². The highest BCUT2D eigenvalue weighted by atomic mass is 14.9. The fourth-order valence-electron chi connectivity index (χ4n) is 2.11. The summed E-state index contributed by atoms with van der Waals surface area (Å²) < 4.78 is 0. The van der Waals surface area contributed by atoms with Crippen LogP contribution in [-0.2, 0) is 6.42 Å². The maximum atomic E-state index is 3.37. The average molecular weight is 210 g/mol. The molecule has 0 saturated carbocycles. The molecular formula is C14H14N2. The predicted octanol–water partition coefficient (Wildman–Crippen LogP) is 2.67. The van der Waals surface area contributed by atoms with Crippen LogP contribution in [0.2, 0.25) is 0 Å². The van der Waals surface area contributed by atoms with E-state index in [-0.39, 0.29) is 0 Å². The monoisotopic (exact) mass is 210 g/mol. The molecule has 2 heteroatoms. The number of nitrogens with one attached hydrogen (secondary N) is 2. The zero-order valence-corrected chi connectivity index (χ0v) is 9.03. The van der Waals surface area contributed by atoms with Crippen LogP contribution >= 0.6 is 0 Å². The summed E-state index contributed by atoms with van der Waals surface area (Å²) in [5.41, 5.74) is 5.10. The second kappa shape index (κ2) is 3.89. The highest BCUT2D eigenvalue weighted by Gasteiger charge is 2.11. The number of hydrogen-bond acceptors (Lipinski definition) is 2. The summed E-state index contributed by atoms with van der Waals surface area (Å²) in [4.78, 5) is 0. The summed E-state index contributed by atoms with van der Waals surface area (Å²) in [7, 11) is 0. The van der Waals surface area contributed by atoms with Crippen LogP contribution in [0.1, 0.15) is 11.1 Å². The van der Waals surface area contributed by atoms with Crippen molar-refractivity contribution in [2.45, 2.75) is 6.42 Å². The Balaban J connectivity index is 1.98. The Morgan fingerprint density at radius 3 is 3.06 bits per heavy atom. The molecule has 80 valence electrons. The van der Waals surface area contributed by atoms with Crippen molar-refractivity contribution < 1.29 is 0 Å². The van der Waals surface area contributed by atoms with Gasteiger partial charge in [-0.2, -0.15) is 0 Å². The lowest BCUT2D eigenvalue weighted by atomic mass is 10.1. The number of allylic oxidation sites excluding steroid dienone is 4. The summed E-state index contributed by atoms with van der Waals surface area (Å²) in [6.07, 6.45) is 11.3. The van der Waals surface area contributed by atoms with E-state index >= 15 is 0 Å². The van der Waals surface area contributed by atoms with Crippen LogP contribution in [0.25, 0.3) is 5.70 Å². The Bertz CT molecular complexity index is 495. The molecule has 0 saturated heterocycles. The fourth-order valence-corrected chi connectivity index (χ4v) is 2.11. The lowest BCUT2D eigenvalue weighted by Gasteiger charge is -2.08. The molecule has 0 spiro atoms. The molecule has 1 aromatic carbocycles. The van der Waals surface area contributed by atoms with E-state index in [1.165, 1.54) is 16.8 Å². The first-order chi connectivity index (χ1) is 7.93. The van der Waals surface area contributed by atoms with Gasteiger partial charge in [-0.05, 0) is 41.8 Å². The van der Waals surface area contributed by atoms with Gasteiger partial charge in [0.1, 0.15) is 0 Å². The van der Waals surface area contributed by atoms with Crippen molar-refractivity contribution in [3.05, 3.63) is 59.8 Å². The Kier molecular flexibility index (Phi) is 2.26. The maximum Gasteiger partial charge on any atom is 0.0453 e. The van der Waals surface area contributed by atoms with E-state index in [0.717, 1.165) is 18.7 Å². The van der Waals surface area contributed by atoms with Gasteiger partial charge in [0, 0.05) is 24.1 Å². The highest BCUT2D eigenvalue weighted by Crippen LogP contribution is 2.25. The Morgan fingerprint density at radius 2 is 2.06 bits per heavy atom. The molecular weight excluding hydrogens is 196 g/mol. The van der Waals surface area contributed by atoms with Crippen molar-refractivity contribution in [1.29, 1.82) is 0 Å². The van der Waals surface area contributed by atoms with Crippen molar-refractivity contribution in [2.24, 2.45) is 0 Å². The molecule has 1 aromatic rings. The smallest absolute Gasteiger partial charge is 0.0453 e. The largest absolute Gasteiger partial charge is 0.384 e. The minimum Gasteiger partial charge on any atom is -0.384 e. The van der Waals surface area contributed by atoms with Crippen LogP contribution in [0.4, 0.5) is 5.69 Å². The van der Waals surface area contributed by atoms with Crippen LogP contribution < -0.4 is 10.6 Å². The Hall–Kier alpha value is -1.96. The van der Waals surface area contributed by atoms with Gasteiger partial charge in [-0.15, -0.1) is 0 Å².